The van der Waals surface area contributed by atoms with Crippen LogP contribution in [0.4, 0.5) is 5.69 Å². The molecule has 0 spiro atoms. The smallest absolute Gasteiger partial charge is 0.262 e. The summed E-state index contributed by atoms with van der Waals surface area (Å²) < 4.78 is 27.5. The molecule has 45 heavy (non-hydrogen) atoms. The largest absolute Gasteiger partial charge is 0.383 e. The summed E-state index contributed by atoms with van der Waals surface area (Å²) in [5.41, 5.74) is 1.10. The third-order valence-corrected chi connectivity index (χ3v) is 7.67. The van der Waals surface area contributed by atoms with Crippen molar-refractivity contribution in [3.8, 4) is 0 Å². The lowest BCUT2D eigenvalue weighted by molar-refractivity contribution is -0.136. The van der Waals surface area contributed by atoms with Gasteiger partial charge in [-0.1, -0.05) is 0 Å². The maximum atomic E-state index is 12.9. The van der Waals surface area contributed by atoms with Gasteiger partial charge in [-0.2, -0.15) is 0 Å². The predicted molar refractivity (Wildman–Crippen MR) is 161 cm³/mol. The highest BCUT2D eigenvalue weighted by molar-refractivity contribution is 6.23. The molecule has 1 aromatic carbocycles. The van der Waals surface area contributed by atoms with E-state index >= 15 is 0 Å². The Balaban J connectivity index is 0.942. The molecule has 1 unspecified atom stereocenters. The first-order valence-corrected chi connectivity index (χ1v) is 15.7. The van der Waals surface area contributed by atoms with E-state index in [1.54, 1.807) is 18.2 Å². The molecule has 2 fully saturated rings. The molecule has 1 aromatic rings. The van der Waals surface area contributed by atoms with Crippen molar-refractivity contribution in [1.29, 1.82) is 0 Å². The van der Waals surface area contributed by atoms with Crippen LogP contribution in [-0.4, -0.2) is 131 Å². The minimum atomic E-state index is -0.988. The number of likely N-dealkylation sites (tertiary alicyclic amines) is 1. The molecule has 0 aromatic heterocycles. The number of ether oxygens (including phenoxy) is 5. The molecule has 2 N–H and O–H groups in total. The molecule has 14 nitrogen and oxygen atoms in total. The normalized spacial score (nSPS) is 18.4. The van der Waals surface area contributed by atoms with Crippen LogP contribution in [-0.2, 0) is 38.1 Å². The Hall–Kier alpha value is -3.43. The fourth-order valence-electron chi connectivity index (χ4n) is 5.29. The summed E-state index contributed by atoms with van der Waals surface area (Å²) in [5.74, 6) is -1.95. The second kappa shape index (κ2) is 18.5. The van der Waals surface area contributed by atoms with Crippen LogP contribution in [0.25, 0.3) is 0 Å². The van der Waals surface area contributed by atoms with Crippen molar-refractivity contribution in [2.75, 3.05) is 91.0 Å². The third-order valence-electron chi connectivity index (χ3n) is 7.67. The van der Waals surface area contributed by atoms with Gasteiger partial charge in [0, 0.05) is 31.7 Å². The number of rotatable bonds is 20. The molecule has 1 atom stereocenters. The second-order valence-electron chi connectivity index (χ2n) is 10.9. The molecular formula is C31H44N4O10. The van der Waals surface area contributed by atoms with Gasteiger partial charge < -0.3 is 33.9 Å². The maximum Gasteiger partial charge on any atom is 0.262 e. The van der Waals surface area contributed by atoms with Crippen molar-refractivity contribution in [2.24, 2.45) is 0 Å². The van der Waals surface area contributed by atoms with Gasteiger partial charge in [-0.05, 0) is 43.9 Å². The van der Waals surface area contributed by atoms with Gasteiger partial charge in [-0.3, -0.25) is 34.2 Å². The number of nitrogens with one attached hydrogen (secondary N) is 2. The Bertz CT molecular complexity index is 1170. The summed E-state index contributed by atoms with van der Waals surface area (Å²) in [4.78, 5) is 64.3. The van der Waals surface area contributed by atoms with Crippen LogP contribution in [0.1, 0.15) is 59.2 Å². The van der Waals surface area contributed by atoms with Crippen LogP contribution in [0.15, 0.2) is 18.2 Å². The molecule has 5 amide bonds. The van der Waals surface area contributed by atoms with Gasteiger partial charge in [0.15, 0.2) is 0 Å². The number of carbonyl (C=O) groups excluding carboxylic acids is 5. The fourth-order valence-corrected chi connectivity index (χ4v) is 5.29. The molecule has 0 bridgehead atoms. The van der Waals surface area contributed by atoms with E-state index in [0.717, 1.165) is 30.8 Å². The van der Waals surface area contributed by atoms with Crippen LogP contribution in [0.5, 0.6) is 0 Å². The van der Waals surface area contributed by atoms with Crippen molar-refractivity contribution in [3.63, 3.8) is 0 Å². The van der Waals surface area contributed by atoms with Gasteiger partial charge in [0.25, 0.3) is 11.8 Å². The number of nitrogens with zero attached hydrogens (tertiary/aromatic N) is 2. The highest BCUT2D eigenvalue weighted by atomic mass is 16.6. The van der Waals surface area contributed by atoms with E-state index in [-0.39, 0.29) is 29.9 Å². The van der Waals surface area contributed by atoms with Crippen LogP contribution < -0.4 is 10.6 Å². The molecule has 4 rings (SSSR count). The molecule has 3 heterocycles. The van der Waals surface area contributed by atoms with Crippen LogP contribution in [0.3, 0.4) is 0 Å². The quantitative estimate of drug-likeness (QED) is 0.156. The Kier molecular flexibility index (Phi) is 14.2. The summed E-state index contributed by atoms with van der Waals surface area (Å²) in [5, 5.41) is 5.35. The van der Waals surface area contributed by atoms with Crippen molar-refractivity contribution < 1.29 is 47.7 Å². The van der Waals surface area contributed by atoms with Gasteiger partial charge in [0.05, 0.1) is 83.6 Å². The van der Waals surface area contributed by atoms with Gasteiger partial charge in [0.1, 0.15) is 6.04 Å². The predicted octanol–water partition coefficient (Wildman–Crippen LogP) is 0.985. The number of hydrogen-bond donors (Lipinski definition) is 2. The zero-order valence-corrected chi connectivity index (χ0v) is 25.7. The number of amides is 5. The first kappa shape index (κ1) is 34.4. The fraction of sp³-hybridized carbons (Fsp3) is 0.645. The van der Waals surface area contributed by atoms with Gasteiger partial charge in [0.2, 0.25) is 17.7 Å². The number of hydrogen-bond acceptors (Lipinski definition) is 11. The Morgan fingerprint density at radius 2 is 1.33 bits per heavy atom. The van der Waals surface area contributed by atoms with Gasteiger partial charge in [-0.15, -0.1) is 0 Å². The molecule has 0 saturated carbocycles. The summed E-state index contributed by atoms with van der Waals surface area (Å²) in [6.45, 7) is 6.56. The standard InChI is InChI=1S/C31H44N4O10/c36-27-7-6-26(29(38)33-27)35-30(39)24-5-4-23(22-25(24)31(35)40)32-9-13-42-15-17-44-19-21-45-20-18-43-16-14-41-12-8-28(37)34-10-2-1-3-11-34/h4-5,22,26,32H,1-3,6-21H2,(H,33,36,38). The Morgan fingerprint density at radius 3 is 1.96 bits per heavy atom. The summed E-state index contributed by atoms with van der Waals surface area (Å²) in [6.07, 6.45) is 4.01. The van der Waals surface area contributed by atoms with Crippen molar-refractivity contribution in [1.82, 2.24) is 15.1 Å². The van der Waals surface area contributed by atoms with E-state index in [1.165, 1.54) is 6.42 Å². The summed E-state index contributed by atoms with van der Waals surface area (Å²) in [6, 6.07) is 3.85. The Labute approximate surface area is 263 Å². The van der Waals surface area contributed by atoms with Crippen LogP contribution >= 0.6 is 0 Å². The van der Waals surface area contributed by atoms with Crippen molar-refractivity contribution in [3.05, 3.63) is 29.3 Å². The number of anilines is 1. The highest BCUT2D eigenvalue weighted by Gasteiger charge is 2.44. The van der Waals surface area contributed by atoms with E-state index in [1.807, 2.05) is 4.90 Å². The van der Waals surface area contributed by atoms with E-state index in [2.05, 4.69) is 10.6 Å². The highest BCUT2D eigenvalue weighted by Crippen LogP contribution is 2.29. The zero-order valence-electron chi connectivity index (χ0n) is 25.7. The van der Waals surface area contributed by atoms with Crippen molar-refractivity contribution in [2.45, 2.75) is 44.6 Å². The first-order chi connectivity index (χ1) is 22.0. The second-order valence-corrected chi connectivity index (χ2v) is 10.9. The lowest BCUT2D eigenvalue weighted by Crippen LogP contribution is -2.54. The summed E-state index contributed by atoms with van der Waals surface area (Å²) >= 11 is 0. The minimum absolute atomic E-state index is 0.0768. The third kappa shape index (κ3) is 10.6. The monoisotopic (exact) mass is 632 g/mol. The molecule has 0 radical (unpaired) electrons. The first-order valence-electron chi connectivity index (χ1n) is 15.7. The number of imide groups is 2. The SMILES string of the molecule is O=C1CCC(N2C(=O)c3ccc(NCCOCCOCCOCCOCCOCCC(=O)N4CCCCC4)cc3C2=O)C(=O)N1. The molecular weight excluding hydrogens is 588 g/mol. The zero-order chi connectivity index (χ0) is 31.9. The minimum Gasteiger partial charge on any atom is -0.383 e. The lowest BCUT2D eigenvalue weighted by Gasteiger charge is -2.27. The lowest BCUT2D eigenvalue weighted by atomic mass is 10.0. The average Bonchev–Trinajstić information content (AvgIpc) is 3.29. The number of fused-ring (bicyclic) bond motifs is 1. The topological polar surface area (TPSA) is 162 Å². The number of carbonyl (C=O) groups is 5. The van der Waals surface area contributed by atoms with Gasteiger partial charge >= 0.3 is 0 Å². The van der Waals surface area contributed by atoms with E-state index in [0.29, 0.717) is 84.7 Å². The van der Waals surface area contributed by atoms with E-state index in [4.69, 9.17) is 23.7 Å². The molecule has 248 valence electrons. The molecule has 14 heteroatoms. The van der Waals surface area contributed by atoms with Crippen LogP contribution in [0, 0.1) is 0 Å². The Morgan fingerprint density at radius 1 is 0.756 bits per heavy atom. The molecule has 0 aliphatic carbocycles. The maximum absolute atomic E-state index is 12.9. The number of benzene rings is 1. The molecule has 3 aliphatic heterocycles. The van der Waals surface area contributed by atoms with E-state index in [9.17, 15) is 24.0 Å². The van der Waals surface area contributed by atoms with Crippen molar-refractivity contribution >= 4 is 35.2 Å². The number of piperidine rings is 2. The summed E-state index contributed by atoms with van der Waals surface area (Å²) in [7, 11) is 0. The molecule has 3 aliphatic rings. The van der Waals surface area contributed by atoms with Crippen LogP contribution in [0.2, 0.25) is 0 Å². The average molecular weight is 633 g/mol. The van der Waals surface area contributed by atoms with E-state index < -0.39 is 29.7 Å². The molecule has 2 saturated heterocycles. The van der Waals surface area contributed by atoms with Gasteiger partial charge in [-0.25, -0.2) is 0 Å².